The van der Waals surface area contributed by atoms with E-state index in [1.807, 2.05) is 28.7 Å². The van der Waals surface area contributed by atoms with Crippen LogP contribution >= 0.6 is 54.5 Å². The zero-order valence-electron chi connectivity index (χ0n) is 10.5. The van der Waals surface area contributed by atoms with E-state index in [2.05, 4.69) is 42.4 Å². The number of halogens is 3. The first-order chi connectivity index (χ1) is 9.97. The lowest BCUT2D eigenvalue weighted by atomic mass is 10.2. The predicted octanol–water partition coefficient (Wildman–Crippen LogP) is 4.29. The van der Waals surface area contributed by atoms with E-state index in [4.69, 9.17) is 0 Å². The molecule has 0 saturated carbocycles. The summed E-state index contributed by atoms with van der Waals surface area (Å²) in [6.45, 7) is 0. The van der Waals surface area contributed by atoms with Crippen molar-refractivity contribution in [2.24, 2.45) is 5.10 Å². The smallest absolute Gasteiger partial charge is 0.271 e. The Hall–Kier alpha value is -0.930. The van der Waals surface area contributed by atoms with Gasteiger partial charge in [-0.15, -0.1) is 0 Å². The van der Waals surface area contributed by atoms with Crippen molar-refractivity contribution < 1.29 is 9.90 Å². The molecule has 0 heterocycles. The first-order valence-electron chi connectivity index (χ1n) is 5.74. The van der Waals surface area contributed by atoms with Crippen molar-refractivity contribution in [2.45, 2.75) is 0 Å². The molecular weight excluding hydrogens is 515 g/mol. The van der Waals surface area contributed by atoms with Gasteiger partial charge in [0.15, 0.2) is 0 Å². The Morgan fingerprint density at radius 3 is 2.71 bits per heavy atom. The number of phenolic OH excluding ortho intramolecular Hbond substituents is 1. The van der Waals surface area contributed by atoms with Crippen molar-refractivity contribution >= 4 is 66.6 Å². The molecule has 0 atom stereocenters. The van der Waals surface area contributed by atoms with Crippen molar-refractivity contribution in [1.82, 2.24) is 5.43 Å². The zero-order chi connectivity index (χ0) is 15.4. The normalized spacial score (nSPS) is 10.8. The van der Waals surface area contributed by atoms with Crippen LogP contribution < -0.4 is 5.43 Å². The van der Waals surface area contributed by atoms with Gasteiger partial charge in [0.25, 0.3) is 5.91 Å². The van der Waals surface area contributed by atoms with Gasteiger partial charge in [-0.2, -0.15) is 5.10 Å². The summed E-state index contributed by atoms with van der Waals surface area (Å²) >= 11 is 8.67. The summed E-state index contributed by atoms with van der Waals surface area (Å²) in [5.74, 6) is -0.198. The molecule has 4 nitrogen and oxygen atoms in total. The van der Waals surface area contributed by atoms with Crippen LogP contribution in [0.4, 0.5) is 0 Å². The van der Waals surface area contributed by atoms with Gasteiger partial charge in [-0.05, 0) is 52.9 Å². The number of carbonyl (C=O) groups is 1. The Morgan fingerprint density at radius 1 is 1.24 bits per heavy atom. The van der Waals surface area contributed by atoms with Crippen LogP contribution in [0.3, 0.4) is 0 Å². The van der Waals surface area contributed by atoms with Gasteiger partial charge in [0, 0.05) is 20.1 Å². The van der Waals surface area contributed by atoms with Crippen molar-refractivity contribution in [3.8, 4) is 5.75 Å². The molecule has 2 N–H and O–H groups in total. The van der Waals surface area contributed by atoms with Crippen molar-refractivity contribution in [3.05, 3.63) is 60.0 Å². The van der Waals surface area contributed by atoms with Gasteiger partial charge in [0.2, 0.25) is 0 Å². The Morgan fingerprint density at radius 2 is 2.00 bits per heavy atom. The molecule has 2 aromatic rings. The van der Waals surface area contributed by atoms with Gasteiger partial charge in [0.1, 0.15) is 5.75 Å². The fraction of sp³-hybridized carbons (Fsp3) is 0. The summed E-state index contributed by atoms with van der Waals surface area (Å²) in [5, 5.41) is 13.8. The van der Waals surface area contributed by atoms with E-state index in [9.17, 15) is 9.90 Å². The number of hydrogen-bond acceptors (Lipinski definition) is 3. The summed E-state index contributed by atoms with van der Waals surface area (Å²) in [7, 11) is 0. The second-order valence-electron chi connectivity index (χ2n) is 4.03. The van der Waals surface area contributed by atoms with Crippen LogP contribution in [0.25, 0.3) is 0 Å². The third kappa shape index (κ3) is 4.52. The minimum Gasteiger partial charge on any atom is -0.506 e. The topological polar surface area (TPSA) is 61.7 Å². The van der Waals surface area contributed by atoms with Crippen LogP contribution in [0, 0.1) is 3.57 Å². The Kier molecular flexibility index (Phi) is 5.77. The summed E-state index contributed by atoms with van der Waals surface area (Å²) in [4.78, 5) is 11.9. The number of rotatable bonds is 3. The number of aromatic hydroxyl groups is 1. The highest BCUT2D eigenvalue weighted by Crippen LogP contribution is 2.27. The molecule has 0 aliphatic carbocycles. The molecule has 0 fully saturated rings. The maximum Gasteiger partial charge on any atom is 0.271 e. The molecule has 0 radical (unpaired) electrons. The van der Waals surface area contributed by atoms with Gasteiger partial charge in [-0.3, -0.25) is 4.79 Å². The minimum atomic E-state index is -0.322. The minimum absolute atomic E-state index is 0.124. The van der Waals surface area contributed by atoms with Gasteiger partial charge in [-0.1, -0.05) is 37.9 Å². The lowest BCUT2D eigenvalue weighted by Gasteiger charge is -2.03. The number of carbonyl (C=O) groups excluding carboxylic acids is 1. The number of amides is 1. The molecule has 21 heavy (non-hydrogen) atoms. The molecule has 0 aliphatic rings. The van der Waals surface area contributed by atoms with Gasteiger partial charge in [-0.25, -0.2) is 5.43 Å². The summed E-state index contributed by atoms with van der Waals surface area (Å²) < 4.78 is 2.34. The fourth-order valence-corrected chi connectivity index (χ4v) is 3.49. The van der Waals surface area contributed by atoms with Crippen LogP contribution in [-0.2, 0) is 0 Å². The molecule has 0 unspecified atom stereocenters. The third-order valence-electron chi connectivity index (χ3n) is 2.51. The molecular formula is C14H9Br2IN2O2. The van der Waals surface area contributed by atoms with Crippen molar-refractivity contribution in [2.75, 3.05) is 0 Å². The maximum atomic E-state index is 11.9. The molecule has 2 aromatic carbocycles. The second-order valence-corrected chi connectivity index (χ2v) is 7.03. The average molecular weight is 524 g/mol. The monoisotopic (exact) mass is 522 g/mol. The molecule has 0 bridgehead atoms. The number of hydrazone groups is 1. The molecule has 0 spiro atoms. The van der Waals surface area contributed by atoms with E-state index in [1.54, 1.807) is 30.3 Å². The Balaban J connectivity index is 2.11. The molecule has 0 aliphatic heterocycles. The highest BCUT2D eigenvalue weighted by molar-refractivity contribution is 14.1. The summed E-state index contributed by atoms with van der Waals surface area (Å²) in [6, 6.07) is 10.5. The number of phenols is 1. The average Bonchev–Trinajstić information content (AvgIpc) is 2.43. The zero-order valence-corrected chi connectivity index (χ0v) is 15.8. The molecule has 0 aromatic heterocycles. The Bertz CT molecular complexity index is 720. The lowest BCUT2D eigenvalue weighted by molar-refractivity contribution is 0.0955. The van der Waals surface area contributed by atoms with Crippen LogP contribution in [-0.4, -0.2) is 17.2 Å². The van der Waals surface area contributed by atoms with Gasteiger partial charge < -0.3 is 5.11 Å². The molecule has 7 heteroatoms. The summed E-state index contributed by atoms with van der Waals surface area (Å²) in [6.07, 6.45) is 1.40. The summed E-state index contributed by atoms with van der Waals surface area (Å²) in [5.41, 5.74) is 3.43. The standard InChI is InChI=1S/C14H9Br2IN2O2/c15-10-3-1-2-8(4-10)14(21)19-18-7-9-5-11(16)6-12(17)13(9)20/h1-7,20H,(H,19,21)/b18-7-. The predicted molar refractivity (Wildman–Crippen MR) is 97.7 cm³/mol. The van der Waals surface area contributed by atoms with Crippen molar-refractivity contribution in [3.63, 3.8) is 0 Å². The quantitative estimate of drug-likeness (QED) is 0.358. The van der Waals surface area contributed by atoms with Crippen LogP contribution in [0.5, 0.6) is 5.75 Å². The van der Waals surface area contributed by atoms with E-state index in [1.165, 1.54) is 6.21 Å². The van der Waals surface area contributed by atoms with Gasteiger partial charge in [0.05, 0.1) is 9.78 Å². The van der Waals surface area contributed by atoms with E-state index < -0.39 is 0 Å². The second kappa shape index (κ2) is 7.37. The largest absolute Gasteiger partial charge is 0.506 e. The number of benzene rings is 2. The first-order valence-corrected chi connectivity index (χ1v) is 8.41. The molecule has 2 rings (SSSR count). The van der Waals surface area contributed by atoms with Gasteiger partial charge >= 0.3 is 0 Å². The van der Waals surface area contributed by atoms with Crippen LogP contribution in [0.15, 0.2) is 50.4 Å². The Labute approximate surface area is 152 Å². The SMILES string of the molecule is O=C(N/N=C\c1cc(Br)cc(I)c1O)c1cccc(Br)c1. The number of nitrogens with one attached hydrogen (secondary N) is 1. The van der Waals surface area contributed by atoms with E-state index >= 15 is 0 Å². The highest BCUT2D eigenvalue weighted by Gasteiger charge is 2.06. The fourth-order valence-electron chi connectivity index (χ4n) is 1.54. The van der Waals surface area contributed by atoms with E-state index in [0.717, 1.165) is 8.95 Å². The van der Waals surface area contributed by atoms with Crippen LogP contribution in [0.1, 0.15) is 15.9 Å². The first kappa shape index (κ1) is 16.4. The lowest BCUT2D eigenvalue weighted by Crippen LogP contribution is -2.17. The van der Waals surface area contributed by atoms with Crippen molar-refractivity contribution in [1.29, 1.82) is 0 Å². The van der Waals surface area contributed by atoms with E-state index in [0.29, 0.717) is 14.7 Å². The molecule has 1 amide bonds. The van der Waals surface area contributed by atoms with Crippen LogP contribution in [0.2, 0.25) is 0 Å². The number of nitrogens with zero attached hydrogens (tertiary/aromatic N) is 1. The number of hydrogen-bond donors (Lipinski definition) is 2. The molecule has 108 valence electrons. The highest BCUT2D eigenvalue weighted by atomic mass is 127. The maximum absolute atomic E-state index is 11.9. The van der Waals surface area contributed by atoms with E-state index in [-0.39, 0.29) is 11.7 Å². The molecule has 0 saturated heterocycles. The third-order valence-corrected chi connectivity index (χ3v) is 4.29.